The van der Waals surface area contributed by atoms with Crippen LogP contribution in [0.15, 0.2) is 0 Å². The van der Waals surface area contributed by atoms with Gasteiger partial charge in [0.25, 0.3) is 0 Å². The van der Waals surface area contributed by atoms with Gasteiger partial charge in [0, 0.05) is 23.7 Å². The molecule has 5 nitrogen and oxygen atoms in total. The van der Waals surface area contributed by atoms with Gasteiger partial charge in [-0.15, -0.1) is 0 Å². The first-order valence-electron chi connectivity index (χ1n) is 5.55. The van der Waals surface area contributed by atoms with Crippen molar-refractivity contribution in [2.75, 3.05) is 0 Å². The number of rotatable bonds is 2. The number of ether oxygens (including phenoxy) is 1. The van der Waals surface area contributed by atoms with Gasteiger partial charge in [-0.05, 0) is 20.3 Å². The van der Waals surface area contributed by atoms with E-state index in [0.717, 1.165) is 6.29 Å². The average molecular weight is 226 g/mol. The van der Waals surface area contributed by atoms with Crippen LogP contribution in [0.4, 0.5) is 0 Å². The van der Waals surface area contributed by atoms with Gasteiger partial charge in [0.2, 0.25) is 5.79 Å². The molecule has 1 saturated carbocycles. The lowest BCUT2D eigenvalue weighted by Crippen LogP contribution is -2.41. The second-order valence-electron chi connectivity index (χ2n) is 5.04. The van der Waals surface area contributed by atoms with Crippen molar-refractivity contribution >= 4 is 12.1 Å². The maximum absolute atomic E-state index is 11.7. The maximum Gasteiger partial charge on any atom is 0.205 e. The van der Waals surface area contributed by atoms with Crippen LogP contribution < -0.4 is 0 Å². The molecule has 0 aromatic carbocycles. The minimum Gasteiger partial charge on any atom is -0.315 e. The Morgan fingerprint density at radius 3 is 2.88 bits per heavy atom. The van der Waals surface area contributed by atoms with Crippen LogP contribution in [0.1, 0.15) is 20.3 Å². The fourth-order valence-electron chi connectivity index (χ4n) is 3.54. The van der Waals surface area contributed by atoms with E-state index in [9.17, 15) is 9.59 Å². The molecular weight excluding hydrogens is 212 g/mol. The number of hydrogen-bond donors (Lipinski definition) is 0. The Balaban J connectivity index is 1.98. The monoisotopic (exact) mass is 226 g/mol. The van der Waals surface area contributed by atoms with E-state index in [1.807, 2.05) is 0 Å². The summed E-state index contributed by atoms with van der Waals surface area (Å²) >= 11 is 0. The van der Waals surface area contributed by atoms with Gasteiger partial charge in [0.15, 0.2) is 6.29 Å². The molecule has 0 spiro atoms. The van der Waals surface area contributed by atoms with Gasteiger partial charge in [-0.2, -0.15) is 4.89 Å². The summed E-state index contributed by atoms with van der Waals surface area (Å²) in [7, 11) is 0. The highest BCUT2D eigenvalue weighted by molar-refractivity contribution is 5.82. The van der Waals surface area contributed by atoms with Crippen molar-refractivity contribution in [3.05, 3.63) is 0 Å². The molecule has 16 heavy (non-hydrogen) atoms. The third kappa shape index (κ3) is 1.11. The quantitative estimate of drug-likeness (QED) is 0.511. The predicted molar refractivity (Wildman–Crippen MR) is 50.8 cm³/mol. The van der Waals surface area contributed by atoms with E-state index in [1.165, 1.54) is 6.92 Å². The molecule has 0 aromatic rings. The molecule has 6 unspecified atom stereocenters. The Morgan fingerprint density at radius 2 is 2.25 bits per heavy atom. The van der Waals surface area contributed by atoms with E-state index in [0.29, 0.717) is 6.42 Å². The zero-order valence-electron chi connectivity index (χ0n) is 9.21. The van der Waals surface area contributed by atoms with Crippen LogP contribution in [0.25, 0.3) is 0 Å². The van der Waals surface area contributed by atoms with E-state index in [-0.39, 0.29) is 29.5 Å². The molecule has 3 fully saturated rings. The van der Waals surface area contributed by atoms with Crippen molar-refractivity contribution < 1.29 is 24.1 Å². The van der Waals surface area contributed by atoms with Crippen LogP contribution in [-0.2, 0) is 24.1 Å². The van der Waals surface area contributed by atoms with Crippen molar-refractivity contribution in [1.29, 1.82) is 0 Å². The largest absolute Gasteiger partial charge is 0.315 e. The first kappa shape index (κ1) is 10.4. The SMILES string of the molecule is CC(=O)C1C(C=O)CC2C3OOC(C)(O3)C21. The summed E-state index contributed by atoms with van der Waals surface area (Å²) in [5.41, 5.74) is 0. The fraction of sp³-hybridized carbons (Fsp3) is 0.818. The molecule has 1 aliphatic carbocycles. The Morgan fingerprint density at radius 1 is 1.50 bits per heavy atom. The summed E-state index contributed by atoms with van der Waals surface area (Å²) in [6, 6.07) is 0. The van der Waals surface area contributed by atoms with E-state index in [2.05, 4.69) is 0 Å². The molecule has 6 atom stereocenters. The van der Waals surface area contributed by atoms with Crippen molar-refractivity contribution in [3.63, 3.8) is 0 Å². The molecule has 2 aliphatic heterocycles. The zero-order valence-corrected chi connectivity index (χ0v) is 9.21. The number of carbonyl (C=O) groups is 2. The minimum absolute atomic E-state index is 0.0329. The van der Waals surface area contributed by atoms with E-state index >= 15 is 0 Å². The normalized spacial score (nSPS) is 54.0. The lowest BCUT2D eigenvalue weighted by molar-refractivity contribution is -0.370. The smallest absolute Gasteiger partial charge is 0.205 e. The number of aldehydes is 1. The maximum atomic E-state index is 11.7. The van der Waals surface area contributed by atoms with Crippen LogP contribution in [-0.4, -0.2) is 24.1 Å². The highest BCUT2D eigenvalue weighted by Gasteiger charge is 2.67. The first-order valence-corrected chi connectivity index (χ1v) is 5.55. The summed E-state index contributed by atoms with van der Waals surface area (Å²) in [6.07, 6.45) is 1.12. The lowest BCUT2D eigenvalue weighted by Gasteiger charge is -2.30. The molecular formula is C11H14O5. The standard InChI is InChI=1S/C11H14O5/c1-5(13)8-6(4-12)3-7-9(8)11(2)14-10(7)15-16-11/h4,6-10H,3H2,1-2H3. The lowest BCUT2D eigenvalue weighted by atomic mass is 9.80. The number of ketones is 1. The Bertz CT molecular complexity index is 354. The van der Waals surface area contributed by atoms with Crippen molar-refractivity contribution in [1.82, 2.24) is 0 Å². The van der Waals surface area contributed by atoms with E-state index in [4.69, 9.17) is 14.5 Å². The number of fused-ring (bicyclic) bond motifs is 5. The third-order valence-corrected chi connectivity index (χ3v) is 4.11. The van der Waals surface area contributed by atoms with Crippen molar-refractivity contribution in [3.8, 4) is 0 Å². The van der Waals surface area contributed by atoms with Gasteiger partial charge in [0.1, 0.15) is 12.1 Å². The predicted octanol–water partition coefficient (Wildman–Crippen LogP) is 0.677. The second kappa shape index (κ2) is 3.12. The Kier molecular flexibility index (Phi) is 2.02. The third-order valence-electron chi connectivity index (χ3n) is 4.11. The van der Waals surface area contributed by atoms with Crippen LogP contribution in [0.5, 0.6) is 0 Å². The summed E-state index contributed by atoms with van der Waals surface area (Å²) in [5, 5.41) is 0. The molecule has 88 valence electrons. The topological polar surface area (TPSA) is 61.8 Å². The molecule has 5 heteroatoms. The molecule has 0 aromatic heterocycles. The molecule has 0 amide bonds. The Labute approximate surface area is 93.0 Å². The molecule has 3 aliphatic rings. The number of Topliss-reactive ketones (excluding diaryl/α,β-unsaturated/α-hetero) is 1. The highest BCUT2D eigenvalue weighted by atomic mass is 17.3. The summed E-state index contributed by atoms with van der Waals surface area (Å²) in [4.78, 5) is 32.9. The molecule has 3 rings (SSSR count). The Hall–Kier alpha value is -0.780. The first-order chi connectivity index (χ1) is 7.57. The average Bonchev–Trinajstić information content (AvgIpc) is 2.83. The summed E-state index contributed by atoms with van der Waals surface area (Å²) in [6.45, 7) is 3.31. The van der Waals surface area contributed by atoms with Crippen LogP contribution in [0, 0.1) is 23.7 Å². The minimum atomic E-state index is -0.858. The second-order valence-corrected chi connectivity index (χ2v) is 5.04. The van der Waals surface area contributed by atoms with Gasteiger partial charge < -0.3 is 9.53 Å². The molecule has 2 saturated heterocycles. The van der Waals surface area contributed by atoms with Gasteiger partial charge in [-0.25, -0.2) is 4.89 Å². The van der Waals surface area contributed by atoms with Crippen LogP contribution in [0.2, 0.25) is 0 Å². The number of hydrogen-bond acceptors (Lipinski definition) is 5. The molecule has 0 radical (unpaired) electrons. The van der Waals surface area contributed by atoms with Crippen molar-refractivity contribution in [2.24, 2.45) is 23.7 Å². The van der Waals surface area contributed by atoms with Gasteiger partial charge >= 0.3 is 0 Å². The van der Waals surface area contributed by atoms with Gasteiger partial charge in [-0.1, -0.05) is 0 Å². The van der Waals surface area contributed by atoms with Gasteiger partial charge in [0.05, 0.1) is 0 Å². The molecule has 2 bridgehead atoms. The molecule has 2 heterocycles. The summed E-state index contributed by atoms with van der Waals surface area (Å²) < 4.78 is 5.59. The zero-order chi connectivity index (χ0) is 11.5. The van der Waals surface area contributed by atoms with Gasteiger partial charge in [-0.3, -0.25) is 4.79 Å². The number of carbonyl (C=O) groups excluding carboxylic acids is 2. The van der Waals surface area contributed by atoms with Crippen molar-refractivity contribution in [2.45, 2.75) is 32.3 Å². The van der Waals surface area contributed by atoms with E-state index in [1.54, 1.807) is 6.92 Å². The molecule has 0 N–H and O–H groups in total. The van der Waals surface area contributed by atoms with Crippen LogP contribution in [0.3, 0.4) is 0 Å². The van der Waals surface area contributed by atoms with Crippen LogP contribution >= 0.6 is 0 Å². The fourth-order valence-corrected chi connectivity index (χ4v) is 3.54. The highest BCUT2D eigenvalue weighted by Crippen LogP contribution is 2.58. The summed E-state index contributed by atoms with van der Waals surface area (Å²) in [5.74, 6) is -1.29. The van der Waals surface area contributed by atoms with E-state index < -0.39 is 12.1 Å².